The lowest BCUT2D eigenvalue weighted by Gasteiger charge is -2.38. The van der Waals surface area contributed by atoms with Crippen LogP contribution in [0.4, 0.5) is 28.9 Å². The third-order valence-corrected chi connectivity index (χ3v) is 15.8. The third kappa shape index (κ3) is 8.83. The van der Waals surface area contributed by atoms with Crippen molar-refractivity contribution in [1.29, 1.82) is 0 Å². The zero-order chi connectivity index (χ0) is 46.7. The summed E-state index contributed by atoms with van der Waals surface area (Å²) in [7, 11) is -4.39. The van der Waals surface area contributed by atoms with Gasteiger partial charge in [-0.25, -0.2) is 22.5 Å². The monoisotopic (exact) mass is 942 g/mol. The number of H-pyrrole nitrogens is 1. The number of aromatic amines is 1. The number of aliphatic hydroxyl groups excluding tert-OH is 1. The van der Waals surface area contributed by atoms with Crippen LogP contribution in [0.15, 0.2) is 67.0 Å². The maximum Gasteiger partial charge on any atom is 0.301 e. The number of fused-ring (bicyclic) bond motifs is 2. The van der Waals surface area contributed by atoms with Crippen molar-refractivity contribution < 1.29 is 45.5 Å². The number of nitrogens with one attached hydrogen (secondary N) is 3. The van der Waals surface area contributed by atoms with Crippen molar-refractivity contribution in [2.24, 2.45) is 5.92 Å². The Bertz CT molecular complexity index is 2880. The highest BCUT2D eigenvalue weighted by Crippen LogP contribution is 2.39. The SMILES string of the molecule is O=C1CCC(N2Cc3cc(C4CCN(CC5CCN(c6ccc(-c7cnc8[nH]cc(C(=O)c9c(F)ccc(NS(=O)(=O)N%10CC[C@@H](F)C%10)c9F)c8c7)cc6F)CC5)CC4)ccc3C2O)C(=O)N1. The summed E-state index contributed by atoms with van der Waals surface area (Å²) in [4.78, 5) is 51.5. The molecule has 14 nitrogen and oxygen atoms in total. The third-order valence-electron chi connectivity index (χ3n) is 14.3. The molecule has 5 aliphatic rings. The Hall–Kier alpha value is -5.73. The Morgan fingerprint density at radius 3 is 2.40 bits per heavy atom. The van der Waals surface area contributed by atoms with Gasteiger partial charge in [0.15, 0.2) is 5.82 Å². The predicted octanol–water partition coefficient (Wildman–Crippen LogP) is 6.29. The summed E-state index contributed by atoms with van der Waals surface area (Å²) in [6.07, 6.45) is 5.00. The van der Waals surface area contributed by atoms with E-state index in [0.29, 0.717) is 54.7 Å². The number of imide groups is 1. The van der Waals surface area contributed by atoms with Crippen LogP contribution in [-0.4, -0.2) is 113 Å². The van der Waals surface area contributed by atoms with Crippen LogP contribution in [0.25, 0.3) is 22.2 Å². The highest BCUT2D eigenvalue weighted by molar-refractivity contribution is 7.90. The van der Waals surface area contributed by atoms with Gasteiger partial charge in [0.2, 0.25) is 17.6 Å². The predicted molar refractivity (Wildman–Crippen MR) is 241 cm³/mol. The molecule has 5 aliphatic heterocycles. The first kappa shape index (κ1) is 45.1. The molecule has 0 saturated carbocycles. The van der Waals surface area contributed by atoms with Crippen molar-refractivity contribution in [3.05, 3.63) is 112 Å². The van der Waals surface area contributed by atoms with E-state index in [0.717, 1.165) is 72.9 Å². The maximum atomic E-state index is 15.9. The number of aromatic nitrogens is 2. The first-order valence-corrected chi connectivity index (χ1v) is 24.2. The first-order valence-electron chi connectivity index (χ1n) is 22.8. The van der Waals surface area contributed by atoms with Crippen LogP contribution in [0.1, 0.15) is 89.7 Å². The molecule has 0 bridgehead atoms. The number of alkyl halides is 1. The number of carbonyl (C=O) groups is 3. The normalized spacial score (nSPS) is 22.7. The van der Waals surface area contributed by atoms with Gasteiger partial charge in [0.1, 0.15) is 29.7 Å². The van der Waals surface area contributed by atoms with Crippen molar-refractivity contribution in [1.82, 2.24) is 29.4 Å². The minimum absolute atomic E-state index is 0.0152. The molecule has 3 atom stereocenters. The van der Waals surface area contributed by atoms with Gasteiger partial charge in [0.25, 0.3) is 0 Å². The van der Waals surface area contributed by atoms with Crippen LogP contribution in [0.5, 0.6) is 0 Å². The Labute approximate surface area is 384 Å². The Morgan fingerprint density at radius 1 is 0.881 bits per heavy atom. The molecule has 3 aromatic carbocycles. The molecule has 0 radical (unpaired) electrons. The summed E-state index contributed by atoms with van der Waals surface area (Å²) in [6, 6.07) is 13.8. The molecule has 2 aromatic heterocycles. The van der Waals surface area contributed by atoms with Crippen LogP contribution in [0, 0.1) is 23.4 Å². The summed E-state index contributed by atoms with van der Waals surface area (Å²) in [5.74, 6) is -3.90. The Kier molecular flexibility index (Phi) is 12.2. The van der Waals surface area contributed by atoms with E-state index < -0.39 is 69.7 Å². The lowest BCUT2D eigenvalue weighted by atomic mass is 9.87. The molecule has 4 N–H and O–H groups in total. The number of likely N-dealkylation sites (tertiary alicyclic amines) is 1. The number of pyridine rings is 1. The second kappa shape index (κ2) is 18.1. The number of anilines is 2. The fourth-order valence-corrected chi connectivity index (χ4v) is 11.8. The molecule has 0 spiro atoms. The van der Waals surface area contributed by atoms with Crippen molar-refractivity contribution in [3.8, 4) is 11.1 Å². The van der Waals surface area contributed by atoms with Crippen LogP contribution in [0.3, 0.4) is 0 Å². The van der Waals surface area contributed by atoms with E-state index in [4.69, 9.17) is 0 Å². The van der Waals surface area contributed by atoms with Gasteiger partial charge in [0.05, 0.1) is 23.0 Å². The summed E-state index contributed by atoms with van der Waals surface area (Å²) in [5.41, 5.74) is 2.96. The number of hydrogen-bond donors (Lipinski definition) is 4. The largest absolute Gasteiger partial charge is 0.374 e. The molecule has 2 unspecified atom stereocenters. The minimum Gasteiger partial charge on any atom is -0.374 e. The van der Waals surface area contributed by atoms with E-state index in [1.807, 2.05) is 10.8 Å². The zero-order valence-corrected chi connectivity index (χ0v) is 37.3. The van der Waals surface area contributed by atoms with Gasteiger partial charge in [-0.15, -0.1) is 0 Å². The van der Waals surface area contributed by atoms with Crippen LogP contribution in [0.2, 0.25) is 0 Å². The lowest BCUT2D eigenvalue weighted by molar-refractivity contribution is -0.141. The molecule has 19 heteroatoms. The van der Waals surface area contributed by atoms with Gasteiger partial charge in [-0.1, -0.05) is 24.3 Å². The summed E-state index contributed by atoms with van der Waals surface area (Å²) in [5, 5.41) is 13.7. The number of nitrogens with zero attached hydrogens (tertiary/aromatic N) is 5. The highest BCUT2D eigenvalue weighted by atomic mass is 32.2. The van der Waals surface area contributed by atoms with Gasteiger partial charge < -0.3 is 19.9 Å². The average Bonchev–Trinajstić information content (AvgIpc) is 4.04. The minimum atomic E-state index is -4.39. The van der Waals surface area contributed by atoms with E-state index in [-0.39, 0.29) is 47.8 Å². The van der Waals surface area contributed by atoms with Crippen molar-refractivity contribution in [2.45, 2.75) is 75.8 Å². The summed E-state index contributed by atoms with van der Waals surface area (Å²) >= 11 is 0. The zero-order valence-electron chi connectivity index (χ0n) is 36.5. The number of rotatable bonds is 11. The fourth-order valence-electron chi connectivity index (χ4n) is 10.6. The van der Waals surface area contributed by atoms with Crippen molar-refractivity contribution >= 4 is 50.2 Å². The van der Waals surface area contributed by atoms with Gasteiger partial charge in [-0.3, -0.25) is 29.3 Å². The second-order valence-electron chi connectivity index (χ2n) is 18.4. The molecule has 4 fully saturated rings. The molecule has 7 heterocycles. The topological polar surface area (TPSA) is 171 Å². The molecule has 67 heavy (non-hydrogen) atoms. The molecule has 10 rings (SSSR count). The smallest absolute Gasteiger partial charge is 0.301 e. The van der Waals surface area contributed by atoms with E-state index in [9.17, 15) is 32.3 Å². The number of hydrogen-bond acceptors (Lipinski definition) is 10. The Balaban J connectivity index is 0.742. The molecule has 5 aromatic rings. The van der Waals surface area contributed by atoms with Gasteiger partial charge in [-0.2, -0.15) is 12.7 Å². The fraction of sp³-hybridized carbons (Fsp3) is 0.417. The standard InChI is InChI=1S/C48H50F4N8O6S/c49-33-13-18-59(26-33)67(65,66)56-39-5-4-37(50)43(44(39)52)45(62)36-23-54-46-35(36)20-31(22-53-46)30-2-6-40(38(51)21-30)58-16-9-27(10-17-58)24-57-14-11-28(12-15-57)29-1-3-34-32(19-29)25-60(48(34)64)41-7-8-42(61)55-47(41)63/h1-6,19-23,27-28,33,41,48,56,64H,7-18,24-26H2,(H,53,54)(H,55,61,63)/t33-,41?,48?/m1/s1. The van der Waals surface area contributed by atoms with E-state index in [2.05, 4.69) is 37.2 Å². The summed E-state index contributed by atoms with van der Waals surface area (Å²) < 4.78 is 89.0. The van der Waals surface area contributed by atoms with E-state index in [1.54, 1.807) is 23.1 Å². The number of piperidine rings is 3. The van der Waals surface area contributed by atoms with Crippen LogP contribution >= 0.6 is 0 Å². The number of amides is 2. The Morgan fingerprint density at radius 2 is 1.67 bits per heavy atom. The molecule has 0 aliphatic carbocycles. The number of ketones is 1. The first-order chi connectivity index (χ1) is 32.2. The molecule has 2 amide bonds. The van der Waals surface area contributed by atoms with Crippen molar-refractivity contribution in [2.75, 3.05) is 55.4 Å². The van der Waals surface area contributed by atoms with Gasteiger partial charge >= 0.3 is 10.2 Å². The lowest BCUT2D eigenvalue weighted by Crippen LogP contribution is -2.51. The second-order valence-corrected chi connectivity index (χ2v) is 20.1. The number of aliphatic hydroxyl groups is 1. The van der Waals surface area contributed by atoms with Gasteiger partial charge in [-0.05, 0) is 116 Å². The average molecular weight is 943 g/mol. The van der Waals surface area contributed by atoms with E-state index in [1.165, 1.54) is 24.0 Å². The molecular weight excluding hydrogens is 893 g/mol. The highest BCUT2D eigenvalue weighted by Gasteiger charge is 2.40. The quantitative estimate of drug-likeness (QED) is 0.0671. The number of halogens is 4. The molecule has 352 valence electrons. The number of carbonyl (C=O) groups excluding carboxylic acids is 3. The van der Waals surface area contributed by atoms with Crippen LogP contribution < -0.4 is 14.9 Å². The van der Waals surface area contributed by atoms with Gasteiger partial charge in [0, 0.05) is 74.6 Å². The molecule has 4 saturated heterocycles. The van der Waals surface area contributed by atoms with E-state index >= 15 is 13.2 Å². The maximum absolute atomic E-state index is 15.9. The molecular formula is C48H50F4N8O6S. The summed E-state index contributed by atoms with van der Waals surface area (Å²) in [6.45, 7) is 4.24. The number of benzene rings is 3. The van der Waals surface area contributed by atoms with Crippen molar-refractivity contribution in [3.63, 3.8) is 0 Å². The van der Waals surface area contributed by atoms with Crippen LogP contribution in [-0.2, 0) is 26.3 Å².